The second-order valence-corrected chi connectivity index (χ2v) is 6.96. The first-order valence-corrected chi connectivity index (χ1v) is 9.10. The van der Waals surface area contributed by atoms with Gasteiger partial charge in [0.15, 0.2) is 0 Å². The SMILES string of the molecule is Cc1c(CC(=O)N[C@@H](C)c2ccc(C#N)cc2F)c(=O)[nH]c2ccc(C(F)(F)F)nc12. The van der Waals surface area contributed by atoms with Gasteiger partial charge in [-0.3, -0.25) is 9.59 Å². The maximum absolute atomic E-state index is 14.1. The summed E-state index contributed by atoms with van der Waals surface area (Å²) in [6.07, 6.45) is -5.09. The number of halogens is 4. The number of hydrogen-bond donors (Lipinski definition) is 2. The van der Waals surface area contributed by atoms with Crippen molar-refractivity contribution in [2.75, 3.05) is 0 Å². The molecule has 0 aliphatic heterocycles. The van der Waals surface area contributed by atoms with Crippen LogP contribution in [0.2, 0.25) is 0 Å². The molecule has 1 aromatic carbocycles. The molecular formula is C21H16F4N4O2. The number of nitriles is 1. The van der Waals surface area contributed by atoms with E-state index < -0.39 is 41.6 Å². The third kappa shape index (κ3) is 4.55. The number of carbonyl (C=O) groups is 1. The zero-order valence-corrected chi connectivity index (χ0v) is 16.4. The summed E-state index contributed by atoms with van der Waals surface area (Å²) in [6, 6.07) is 6.73. The third-order valence-corrected chi connectivity index (χ3v) is 4.83. The van der Waals surface area contributed by atoms with Crippen LogP contribution in [0.4, 0.5) is 17.6 Å². The summed E-state index contributed by atoms with van der Waals surface area (Å²) in [5, 5.41) is 11.3. The van der Waals surface area contributed by atoms with Gasteiger partial charge in [0.25, 0.3) is 5.56 Å². The molecule has 0 radical (unpaired) electrons. The number of carbonyl (C=O) groups excluding carboxylic acids is 1. The van der Waals surface area contributed by atoms with Crippen molar-refractivity contribution in [3.05, 3.63) is 74.5 Å². The smallest absolute Gasteiger partial charge is 0.349 e. The highest BCUT2D eigenvalue weighted by Gasteiger charge is 2.33. The number of alkyl halides is 3. The third-order valence-electron chi connectivity index (χ3n) is 4.83. The van der Waals surface area contributed by atoms with E-state index in [2.05, 4.69) is 15.3 Å². The molecule has 0 saturated heterocycles. The van der Waals surface area contributed by atoms with E-state index in [1.807, 2.05) is 0 Å². The van der Waals surface area contributed by atoms with Crippen LogP contribution in [-0.2, 0) is 17.4 Å². The van der Waals surface area contributed by atoms with E-state index in [1.165, 1.54) is 26.0 Å². The minimum Gasteiger partial charge on any atom is -0.349 e. The van der Waals surface area contributed by atoms with Gasteiger partial charge in [0.05, 0.1) is 35.1 Å². The average molecular weight is 432 g/mol. The Bertz CT molecular complexity index is 1280. The number of fused-ring (bicyclic) bond motifs is 1. The maximum atomic E-state index is 14.1. The van der Waals surface area contributed by atoms with Gasteiger partial charge in [0.1, 0.15) is 11.5 Å². The Morgan fingerprint density at radius 2 is 2.00 bits per heavy atom. The Morgan fingerprint density at radius 3 is 2.61 bits per heavy atom. The summed E-state index contributed by atoms with van der Waals surface area (Å²) in [5.74, 6) is -1.30. The lowest BCUT2D eigenvalue weighted by Crippen LogP contribution is -2.31. The van der Waals surface area contributed by atoms with Gasteiger partial charge in [-0.15, -0.1) is 0 Å². The number of H-pyrrole nitrogens is 1. The molecule has 3 aromatic rings. The molecule has 160 valence electrons. The fourth-order valence-electron chi connectivity index (χ4n) is 3.21. The number of hydrogen-bond acceptors (Lipinski definition) is 4. The fraction of sp³-hybridized carbons (Fsp3) is 0.238. The standard InChI is InChI=1S/C21H16F4N4O2/c1-10-14(20(31)28-16-5-6-17(21(23,24)25)29-19(10)16)8-18(30)27-11(2)13-4-3-12(9-26)7-15(13)22/h3-7,11H,8H2,1-2H3,(H,27,30)(H,28,31)/t11-/m0/s1. The first-order valence-electron chi connectivity index (χ1n) is 9.10. The molecule has 31 heavy (non-hydrogen) atoms. The Balaban J connectivity index is 1.88. The number of rotatable bonds is 4. The number of aromatic amines is 1. The number of aromatic nitrogens is 2. The Kier molecular flexibility index (Phi) is 5.79. The minimum atomic E-state index is -4.66. The molecule has 2 N–H and O–H groups in total. The van der Waals surface area contributed by atoms with Crippen LogP contribution >= 0.6 is 0 Å². The molecule has 0 unspecified atom stereocenters. The summed E-state index contributed by atoms with van der Waals surface area (Å²) in [7, 11) is 0. The van der Waals surface area contributed by atoms with Crippen molar-refractivity contribution in [2.24, 2.45) is 0 Å². The van der Waals surface area contributed by atoms with Gasteiger partial charge < -0.3 is 10.3 Å². The van der Waals surface area contributed by atoms with Crippen molar-refractivity contribution in [3.63, 3.8) is 0 Å². The van der Waals surface area contributed by atoms with Crippen molar-refractivity contribution in [1.29, 1.82) is 5.26 Å². The molecule has 1 amide bonds. The Morgan fingerprint density at radius 1 is 1.29 bits per heavy atom. The highest BCUT2D eigenvalue weighted by Crippen LogP contribution is 2.29. The summed E-state index contributed by atoms with van der Waals surface area (Å²) >= 11 is 0. The van der Waals surface area contributed by atoms with Crippen LogP contribution in [0.15, 0.2) is 35.1 Å². The van der Waals surface area contributed by atoms with E-state index >= 15 is 0 Å². The second-order valence-electron chi connectivity index (χ2n) is 6.96. The van der Waals surface area contributed by atoms with Crippen LogP contribution in [0, 0.1) is 24.1 Å². The zero-order chi connectivity index (χ0) is 22.9. The Hall–Kier alpha value is -3.74. The number of aryl methyl sites for hydroxylation is 1. The van der Waals surface area contributed by atoms with E-state index in [1.54, 1.807) is 6.07 Å². The van der Waals surface area contributed by atoms with Crippen LogP contribution < -0.4 is 10.9 Å². The van der Waals surface area contributed by atoms with Gasteiger partial charge in [-0.05, 0) is 43.7 Å². The van der Waals surface area contributed by atoms with Crippen molar-refractivity contribution < 1.29 is 22.4 Å². The molecular weight excluding hydrogens is 416 g/mol. The highest BCUT2D eigenvalue weighted by molar-refractivity contribution is 5.83. The number of pyridine rings is 2. The quantitative estimate of drug-likeness (QED) is 0.615. The molecule has 0 aliphatic rings. The van der Waals surface area contributed by atoms with Crippen molar-refractivity contribution in [3.8, 4) is 6.07 Å². The second kappa shape index (κ2) is 8.18. The summed E-state index contributed by atoms with van der Waals surface area (Å²) < 4.78 is 53.1. The molecule has 6 nitrogen and oxygen atoms in total. The molecule has 0 saturated carbocycles. The van der Waals surface area contributed by atoms with Gasteiger partial charge in [-0.2, -0.15) is 18.4 Å². The maximum Gasteiger partial charge on any atom is 0.433 e. The Labute approximate surface area is 173 Å². The van der Waals surface area contributed by atoms with E-state index in [0.29, 0.717) is 0 Å². The average Bonchev–Trinajstić information content (AvgIpc) is 2.69. The first kappa shape index (κ1) is 22.0. The molecule has 10 heteroatoms. The lowest BCUT2D eigenvalue weighted by atomic mass is 10.0. The van der Waals surface area contributed by atoms with Crippen molar-refractivity contribution in [2.45, 2.75) is 32.5 Å². The minimum absolute atomic E-state index is 0.0377. The lowest BCUT2D eigenvalue weighted by Gasteiger charge is -2.16. The van der Waals surface area contributed by atoms with Crippen LogP contribution in [-0.4, -0.2) is 15.9 Å². The molecule has 2 heterocycles. The van der Waals surface area contributed by atoms with Crippen LogP contribution in [0.3, 0.4) is 0 Å². The topological polar surface area (TPSA) is 98.6 Å². The van der Waals surface area contributed by atoms with Crippen LogP contribution in [0.1, 0.15) is 40.9 Å². The molecule has 0 bridgehead atoms. The largest absolute Gasteiger partial charge is 0.433 e. The molecule has 3 rings (SSSR count). The fourth-order valence-corrected chi connectivity index (χ4v) is 3.21. The highest BCUT2D eigenvalue weighted by atomic mass is 19.4. The number of amides is 1. The van der Waals surface area contributed by atoms with Gasteiger partial charge in [-0.1, -0.05) is 6.07 Å². The monoisotopic (exact) mass is 432 g/mol. The van der Waals surface area contributed by atoms with Crippen LogP contribution in [0.25, 0.3) is 11.0 Å². The van der Waals surface area contributed by atoms with E-state index in [4.69, 9.17) is 5.26 Å². The van der Waals surface area contributed by atoms with Gasteiger partial charge in [0.2, 0.25) is 5.91 Å². The molecule has 0 aliphatic carbocycles. The molecule has 0 fully saturated rings. The predicted octanol–water partition coefficient (Wildman–Crippen LogP) is 3.68. The molecule has 0 spiro atoms. The first-order chi connectivity index (χ1) is 14.5. The lowest BCUT2D eigenvalue weighted by molar-refractivity contribution is -0.141. The van der Waals surface area contributed by atoms with E-state index in [-0.39, 0.29) is 33.3 Å². The number of nitrogens with zero attached hydrogens (tertiary/aromatic N) is 2. The summed E-state index contributed by atoms with van der Waals surface area (Å²) in [4.78, 5) is 30.9. The van der Waals surface area contributed by atoms with Crippen molar-refractivity contribution >= 4 is 16.9 Å². The van der Waals surface area contributed by atoms with Gasteiger partial charge >= 0.3 is 6.18 Å². The summed E-state index contributed by atoms with van der Waals surface area (Å²) in [6.45, 7) is 2.94. The van der Waals surface area contributed by atoms with E-state index in [0.717, 1.165) is 18.2 Å². The number of nitrogens with one attached hydrogen (secondary N) is 2. The van der Waals surface area contributed by atoms with Gasteiger partial charge in [0, 0.05) is 11.1 Å². The molecule has 1 atom stereocenters. The van der Waals surface area contributed by atoms with Crippen LogP contribution in [0.5, 0.6) is 0 Å². The van der Waals surface area contributed by atoms with Crippen molar-refractivity contribution in [1.82, 2.24) is 15.3 Å². The number of benzene rings is 1. The normalized spacial score (nSPS) is 12.4. The predicted molar refractivity (Wildman–Crippen MR) is 103 cm³/mol. The molecule has 2 aromatic heterocycles. The summed E-state index contributed by atoms with van der Waals surface area (Å²) in [5.41, 5.74) is -1.30. The van der Waals surface area contributed by atoms with E-state index in [9.17, 15) is 27.2 Å². The zero-order valence-electron chi connectivity index (χ0n) is 16.4. The van der Waals surface area contributed by atoms with Gasteiger partial charge in [-0.25, -0.2) is 9.37 Å².